The van der Waals surface area contributed by atoms with Gasteiger partial charge in [-0.3, -0.25) is 5.10 Å². The second-order valence-corrected chi connectivity index (χ2v) is 8.58. The van der Waals surface area contributed by atoms with Crippen molar-refractivity contribution in [1.29, 1.82) is 0 Å². The molecule has 0 aliphatic carbocycles. The van der Waals surface area contributed by atoms with E-state index in [0.717, 1.165) is 33.4 Å². The Morgan fingerprint density at radius 3 is 2.54 bits per heavy atom. The summed E-state index contributed by atoms with van der Waals surface area (Å²) in [4.78, 5) is 4.67. The predicted octanol–water partition coefficient (Wildman–Crippen LogP) is 3.22. The van der Waals surface area contributed by atoms with Crippen molar-refractivity contribution >= 4 is 32.4 Å². The molecule has 0 unspecified atom stereocenters. The lowest BCUT2D eigenvalue weighted by Gasteiger charge is -2.09. The number of hydrogen-bond acceptors (Lipinski definition) is 6. The van der Waals surface area contributed by atoms with Crippen molar-refractivity contribution in [3.05, 3.63) is 66.4 Å². The summed E-state index contributed by atoms with van der Waals surface area (Å²) in [5.74, 6) is 1.20. The summed E-state index contributed by atoms with van der Waals surface area (Å²) < 4.78 is 23.1. The molecule has 2 heterocycles. The number of nitrogens with two attached hydrogens (primary N) is 1. The summed E-state index contributed by atoms with van der Waals surface area (Å²) in [6, 6.07) is 16.7. The molecule has 0 spiro atoms. The first-order valence-corrected chi connectivity index (χ1v) is 10.5. The number of rotatable bonds is 5. The molecule has 0 saturated heterocycles. The summed E-state index contributed by atoms with van der Waals surface area (Å²) in [5.41, 5.74) is 9.78. The van der Waals surface area contributed by atoms with Gasteiger partial charge in [0.25, 0.3) is 0 Å². The fourth-order valence-electron chi connectivity index (χ4n) is 2.97. The van der Waals surface area contributed by atoms with E-state index in [0.29, 0.717) is 17.3 Å². The summed E-state index contributed by atoms with van der Waals surface area (Å²) in [7, 11) is -3.19. The molecule has 0 bridgehead atoms. The SMILES string of the molecule is CS(=O)(=O)c1ccc(CNc2cc(-c3ccc4[nH]nc(N)c4c3)ccn2)cc1. The van der Waals surface area contributed by atoms with E-state index in [2.05, 4.69) is 20.5 Å². The summed E-state index contributed by atoms with van der Waals surface area (Å²) in [6.07, 6.45) is 2.94. The number of nitrogens with one attached hydrogen (secondary N) is 2. The number of aromatic nitrogens is 3. The van der Waals surface area contributed by atoms with Crippen molar-refractivity contribution in [3.63, 3.8) is 0 Å². The van der Waals surface area contributed by atoms with Crippen LogP contribution in [0.5, 0.6) is 0 Å². The van der Waals surface area contributed by atoms with Gasteiger partial charge in [0.15, 0.2) is 15.7 Å². The van der Waals surface area contributed by atoms with Crippen LogP contribution in [0, 0.1) is 0 Å². The lowest BCUT2D eigenvalue weighted by molar-refractivity contribution is 0.602. The number of nitrogen functional groups attached to an aromatic ring is 1. The average molecular weight is 393 g/mol. The van der Waals surface area contributed by atoms with Crippen molar-refractivity contribution in [2.24, 2.45) is 0 Å². The van der Waals surface area contributed by atoms with Crippen LogP contribution in [0.25, 0.3) is 22.0 Å². The molecule has 0 radical (unpaired) electrons. The summed E-state index contributed by atoms with van der Waals surface area (Å²) in [5, 5.41) is 11.1. The zero-order chi connectivity index (χ0) is 19.7. The van der Waals surface area contributed by atoms with Crippen molar-refractivity contribution in [3.8, 4) is 11.1 Å². The van der Waals surface area contributed by atoms with Crippen LogP contribution in [-0.2, 0) is 16.4 Å². The van der Waals surface area contributed by atoms with Crippen LogP contribution in [0.4, 0.5) is 11.6 Å². The Balaban J connectivity index is 1.52. The van der Waals surface area contributed by atoms with E-state index >= 15 is 0 Å². The van der Waals surface area contributed by atoms with Gasteiger partial charge in [-0.25, -0.2) is 13.4 Å². The van der Waals surface area contributed by atoms with Crippen LogP contribution in [0.2, 0.25) is 0 Å². The minimum Gasteiger partial charge on any atom is -0.382 e. The standard InChI is InChI=1S/C20H19N5O2S/c1-28(26,27)16-5-2-13(3-6-16)12-23-19-11-15(8-9-22-19)14-4-7-18-17(10-14)20(21)25-24-18/h2-11H,12H2,1H3,(H,22,23)(H3,21,24,25). The molecule has 0 saturated carbocycles. The van der Waals surface area contributed by atoms with Gasteiger partial charge in [0, 0.05) is 24.4 Å². The highest BCUT2D eigenvalue weighted by Crippen LogP contribution is 2.27. The lowest BCUT2D eigenvalue weighted by Crippen LogP contribution is -2.02. The van der Waals surface area contributed by atoms with Gasteiger partial charge in [0.2, 0.25) is 0 Å². The molecule has 4 rings (SSSR count). The maximum absolute atomic E-state index is 11.5. The van der Waals surface area contributed by atoms with Crippen LogP contribution in [0.1, 0.15) is 5.56 Å². The third kappa shape index (κ3) is 3.67. The van der Waals surface area contributed by atoms with Gasteiger partial charge in [0.05, 0.1) is 10.4 Å². The third-order valence-corrected chi connectivity index (χ3v) is 5.64. The number of pyridine rings is 1. The predicted molar refractivity (Wildman–Crippen MR) is 111 cm³/mol. The zero-order valence-electron chi connectivity index (χ0n) is 15.2. The normalized spacial score (nSPS) is 11.6. The van der Waals surface area contributed by atoms with Crippen LogP contribution in [-0.4, -0.2) is 29.9 Å². The second kappa shape index (κ2) is 6.97. The van der Waals surface area contributed by atoms with E-state index in [1.807, 2.05) is 30.3 Å². The Kier molecular flexibility index (Phi) is 4.48. The molecule has 4 aromatic rings. The first-order valence-electron chi connectivity index (χ1n) is 8.63. The number of benzene rings is 2. The number of nitrogens with zero attached hydrogens (tertiary/aromatic N) is 2. The minimum atomic E-state index is -3.19. The van der Waals surface area contributed by atoms with Crippen LogP contribution in [0.15, 0.2) is 65.7 Å². The first kappa shape index (κ1) is 18.0. The third-order valence-electron chi connectivity index (χ3n) is 4.51. The maximum atomic E-state index is 11.5. The molecule has 7 nitrogen and oxygen atoms in total. The molecule has 0 atom stereocenters. The molecular weight excluding hydrogens is 374 g/mol. The van der Waals surface area contributed by atoms with Gasteiger partial charge in [-0.15, -0.1) is 0 Å². The van der Waals surface area contributed by atoms with Gasteiger partial charge < -0.3 is 11.1 Å². The smallest absolute Gasteiger partial charge is 0.175 e. The molecule has 0 aliphatic rings. The van der Waals surface area contributed by atoms with Gasteiger partial charge in [-0.05, 0) is 53.1 Å². The highest BCUT2D eigenvalue weighted by molar-refractivity contribution is 7.90. The fraction of sp³-hybridized carbons (Fsp3) is 0.100. The second-order valence-electron chi connectivity index (χ2n) is 6.57. The molecule has 2 aromatic carbocycles. The number of sulfone groups is 1. The topological polar surface area (TPSA) is 114 Å². The molecule has 0 aliphatic heterocycles. The Morgan fingerprint density at radius 2 is 1.79 bits per heavy atom. The van der Waals surface area contributed by atoms with Crippen molar-refractivity contribution < 1.29 is 8.42 Å². The van der Waals surface area contributed by atoms with Gasteiger partial charge in [0.1, 0.15) is 5.82 Å². The Morgan fingerprint density at radius 1 is 1.04 bits per heavy atom. The molecule has 4 N–H and O–H groups in total. The van der Waals surface area contributed by atoms with Crippen LogP contribution < -0.4 is 11.1 Å². The molecule has 142 valence electrons. The van der Waals surface area contributed by atoms with Gasteiger partial charge in [-0.1, -0.05) is 18.2 Å². The highest BCUT2D eigenvalue weighted by Gasteiger charge is 2.07. The van der Waals surface area contributed by atoms with E-state index in [-0.39, 0.29) is 0 Å². The Bertz CT molecular complexity index is 1250. The van der Waals surface area contributed by atoms with Crippen LogP contribution in [0.3, 0.4) is 0 Å². The van der Waals surface area contributed by atoms with E-state index < -0.39 is 9.84 Å². The van der Waals surface area contributed by atoms with Crippen molar-refractivity contribution in [2.75, 3.05) is 17.3 Å². The largest absolute Gasteiger partial charge is 0.382 e. The van der Waals surface area contributed by atoms with Crippen LogP contribution >= 0.6 is 0 Å². The Hall–Kier alpha value is -3.39. The molecule has 0 fully saturated rings. The van der Waals surface area contributed by atoms with E-state index in [1.54, 1.807) is 30.5 Å². The number of H-pyrrole nitrogens is 1. The van der Waals surface area contributed by atoms with Gasteiger partial charge in [-0.2, -0.15) is 5.10 Å². The fourth-order valence-corrected chi connectivity index (χ4v) is 3.60. The number of hydrogen-bond donors (Lipinski definition) is 3. The zero-order valence-corrected chi connectivity index (χ0v) is 16.0. The quantitative estimate of drug-likeness (QED) is 0.480. The number of fused-ring (bicyclic) bond motifs is 1. The van der Waals surface area contributed by atoms with E-state index in [9.17, 15) is 8.42 Å². The molecule has 0 amide bonds. The lowest BCUT2D eigenvalue weighted by atomic mass is 10.0. The van der Waals surface area contributed by atoms with E-state index in [1.165, 1.54) is 6.26 Å². The molecule has 28 heavy (non-hydrogen) atoms. The highest BCUT2D eigenvalue weighted by atomic mass is 32.2. The molecule has 2 aromatic heterocycles. The molecular formula is C20H19N5O2S. The first-order chi connectivity index (χ1) is 13.4. The van der Waals surface area contributed by atoms with Gasteiger partial charge >= 0.3 is 0 Å². The van der Waals surface area contributed by atoms with Crippen molar-refractivity contribution in [1.82, 2.24) is 15.2 Å². The average Bonchev–Trinajstić information content (AvgIpc) is 3.07. The Labute approximate surface area is 162 Å². The minimum absolute atomic E-state index is 0.310. The molecule has 8 heteroatoms. The number of anilines is 2. The monoisotopic (exact) mass is 393 g/mol. The maximum Gasteiger partial charge on any atom is 0.175 e. The van der Waals surface area contributed by atoms with Crippen molar-refractivity contribution in [2.45, 2.75) is 11.4 Å². The summed E-state index contributed by atoms with van der Waals surface area (Å²) in [6.45, 7) is 0.536. The van der Waals surface area contributed by atoms with E-state index in [4.69, 9.17) is 5.73 Å². The summed E-state index contributed by atoms with van der Waals surface area (Å²) >= 11 is 0. The number of aromatic amines is 1.